The summed E-state index contributed by atoms with van der Waals surface area (Å²) in [6.45, 7) is 5.08. The number of nitrogens with zero attached hydrogens (tertiary/aromatic N) is 2. The minimum absolute atomic E-state index is 0.00176. The molecule has 5 nitrogen and oxygen atoms in total. The fourth-order valence-electron chi connectivity index (χ4n) is 1.49. The maximum absolute atomic E-state index is 11.9. The second kappa shape index (κ2) is 6.59. The summed E-state index contributed by atoms with van der Waals surface area (Å²) >= 11 is 0. The van der Waals surface area contributed by atoms with Crippen molar-refractivity contribution >= 4 is 11.9 Å². The Labute approximate surface area is 103 Å². The Morgan fingerprint density at radius 2 is 1.59 bits per heavy atom. The van der Waals surface area contributed by atoms with E-state index in [0.29, 0.717) is 6.54 Å². The molecular weight excluding hydrogens is 220 g/mol. The molecule has 0 fully saturated rings. The lowest BCUT2D eigenvalue weighted by molar-refractivity contribution is -0.140. The third kappa shape index (κ3) is 7.74. The number of rotatable bonds is 7. The van der Waals surface area contributed by atoms with Gasteiger partial charge in [-0.3, -0.25) is 9.59 Å². The molecule has 0 aromatic rings. The number of hydrogen-bond acceptors (Lipinski definition) is 3. The molecule has 0 aliphatic rings. The van der Waals surface area contributed by atoms with E-state index in [1.165, 1.54) is 0 Å². The van der Waals surface area contributed by atoms with Crippen LogP contribution >= 0.6 is 0 Å². The minimum atomic E-state index is -0.862. The summed E-state index contributed by atoms with van der Waals surface area (Å²) in [6, 6.07) is 0. The molecule has 0 aliphatic carbocycles. The maximum Gasteiger partial charge on any atom is 0.303 e. The van der Waals surface area contributed by atoms with Crippen LogP contribution in [0.2, 0.25) is 0 Å². The molecule has 0 rings (SSSR count). The maximum atomic E-state index is 11.9. The van der Waals surface area contributed by atoms with Crippen molar-refractivity contribution in [1.29, 1.82) is 0 Å². The van der Waals surface area contributed by atoms with Gasteiger partial charge in [-0.05, 0) is 19.5 Å². The highest BCUT2D eigenvalue weighted by atomic mass is 16.4. The first-order valence-electron chi connectivity index (χ1n) is 5.74. The van der Waals surface area contributed by atoms with Crippen LogP contribution in [-0.4, -0.2) is 61.0 Å². The van der Waals surface area contributed by atoms with Gasteiger partial charge in [0.2, 0.25) is 5.91 Å². The average Bonchev–Trinajstić information content (AvgIpc) is 2.10. The van der Waals surface area contributed by atoms with Gasteiger partial charge in [0.25, 0.3) is 0 Å². The summed E-state index contributed by atoms with van der Waals surface area (Å²) in [5.41, 5.74) is -0.491. The zero-order chi connectivity index (χ0) is 13.6. The van der Waals surface area contributed by atoms with Crippen LogP contribution in [0.1, 0.15) is 26.7 Å². The van der Waals surface area contributed by atoms with Crippen LogP contribution < -0.4 is 0 Å². The molecule has 0 saturated heterocycles. The van der Waals surface area contributed by atoms with Gasteiger partial charge in [-0.1, -0.05) is 13.8 Å². The number of likely N-dealkylation sites (N-methyl/N-ethyl adjacent to an activating group) is 2. The lowest BCUT2D eigenvalue weighted by Gasteiger charge is -2.26. The number of aliphatic carboxylic acids is 1. The van der Waals surface area contributed by atoms with Gasteiger partial charge < -0.3 is 14.9 Å². The van der Waals surface area contributed by atoms with Crippen LogP contribution in [-0.2, 0) is 9.59 Å². The van der Waals surface area contributed by atoms with Crippen LogP contribution in [0.5, 0.6) is 0 Å². The Hall–Kier alpha value is -1.10. The fourth-order valence-corrected chi connectivity index (χ4v) is 1.49. The lowest BCUT2D eigenvalue weighted by Crippen LogP contribution is -2.36. The second-order valence-corrected chi connectivity index (χ2v) is 5.53. The molecule has 0 aromatic heterocycles. The average molecular weight is 244 g/mol. The second-order valence-electron chi connectivity index (χ2n) is 5.53. The first-order valence-corrected chi connectivity index (χ1v) is 5.74. The summed E-state index contributed by atoms with van der Waals surface area (Å²) in [5.74, 6) is -0.864. The van der Waals surface area contributed by atoms with Crippen LogP contribution in [0.3, 0.4) is 0 Å². The van der Waals surface area contributed by atoms with Crippen molar-refractivity contribution < 1.29 is 14.7 Å². The third-order valence-corrected chi connectivity index (χ3v) is 2.57. The Kier molecular flexibility index (Phi) is 6.16. The van der Waals surface area contributed by atoms with Crippen LogP contribution in [0.15, 0.2) is 0 Å². The van der Waals surface area contributed by atoms with E-state index in [2.05, 4.69) is 0 Å². The van der Waals surface area contributed by atoms with Crippen molar-refractivity contribution in [3.8, 4) is 0 Å². The molecular formula is C12H24N2O3. The van der Waals surface area contributed by atoms with Gasteiger partial charge in [0.05, 0.1) is 6.42 Å². The molecule has 0 radical (unpaired) electrons. The van der Waals surface area contributed by atoms with E-state index >= 15 is 0 Å². The molecule has 0 spiro atoms. The van der Waals surface area contributed by atoms with E-state index in [1.807, 2.05) is 19.0 Å². The summed E-state index contributed by atoms with van der Waals surface area (Å²) in [6.07, 6.45) is 0.281. The number of carboxylic acid groups (broad SMARTS) is 1. The molecule has 5 heteroatoms. The number of carbonyl (C=O) groups excluding carboxylic acids is 1. The first kappa shape index (κ1) is 15.9. The molecule has 0 unspecified atom stereocenters. The topological polar surface area (TPSA) is 60.9 Å². The highest BCUT2D eigenvalue weighted by Gasteiger charge is 2.26. The lowest BCUT2D eigenvalue weighted by atomic mass is 9.85. The first-order chi connectivity index (χ1) is 7.64. The molecule has 100 valence electrons. The summed E-state index contributed by atoms with van der Waals surface area (Å²) in [7, 11) is 5.65. The highest BCUT2D eigenvalue weighted by Crippen LogP contribution is 2.25. The van der Waals surface area contributed by atoms with Gasteiger partial charge in [0.1, 0.15) is 0 Å². The van der Waals surface area contributed by atoms with E-state index in [9.17, 15) is 9.59 Å². The smallest absolute Gasteiger partial charge is 0.303 e. The van der Waals surface area contributed by atoms with Crippen LogP contribution in [0.25, 0.3) is 0 Å². The molecule has 0 atom stereocenters. The summed E-state index contributed by atoms with van der Waals surface area (Å²) in [4.78, 5) is 26.2. The van der Waals surface area contributed by atoms with E-state index in [0.717, 1.165) is 6.54 Å². The van der Waals surface area contributed by atoms with E-state index in [-0.39, 0.29) is 18.7 Å². The Bertz CT molecular complexity index is 275. The molecule has 0 saturated carbocycles. The summed E-state index contributed by atoms with van der Waals surface area (Å²) < 4.78 is 0. The van der Waals surface area contributed by atoms with E-state index in [1.54, 1.807) is 25.8 Å². The van der Waals surface area contributed by atoms with Crippen LogP contribution in [0, 0.1) is 5.41 Å². The molecule has 0 bridgehead atoms. The van der Waals surface area contributed by atoms with Crippen molar-refractivity contribution in [3.05, 3.63) is 0 Å². The van der Waals surface area contributed by atoms with Crippen LogP contribution in [0.4, 0.5) is 0 Å². The van der Waals surface area contributed by atoms with Gasteiger partial charge in [0.15, 0.2) is 0 Å². The summed E-state index contributed by atoms with van der Waals surface area (Å²) in [5, 5.41) is 8.75. The molecule has 17 heavy (non-hydrogen) atoms. The van der Waals surface area contributed by atoms with E-state index in [4.69, 9.17) is 5.11 Å². The standard InChI is InChI=1S/C12H24N2O3/c1-12(2,9-11(16)17)8-10(15)14(5)7-6-13(3)4/h6-9H2,1-5H3,(H,16,17). The predicted molar refractivity (Wildman–Crippen MR) is 66.8 cm³/mol. The van der Waals surface area contributed by atoms with Crippen molar-refractivity contribution in [2.45, 2.75) is 26.7 Å². The van der Waals surface area contributed by atoms with Crippen molar-refractivity contribution in [2.24, 2.45) is 5.41 Å². The van der Waals surface area contributed by atoms with Gasteiger partial charge in [-0.25, -0.2) is 0 Å². The van der Waals surface area contributed by atoms with Gasteiger partial charge in [-0.15, -0.1) is 0 Å². The molecule has 0 aliphatic heterocycles. The zero-order valence-electron chi connectivity index (χ0n) is 11.5. The molecule has 1 amide bonds. The molecule has 0 aromatic carbocycles. The van der Waals surface area contributed by atoms with Gasteiger partial charge >= 0.3 is 5.97 Å². The van der Waals surface area contributed by atoms with Gasteiger partial charge in [0, 0.05) is 26.6 Å². The number of carbonyl (C=O) groups is 2. The van der Waals surface area contributed by atoms with Gasteiger partial charge in [-0.2, -0.15) is 0 Å². The SMILES string of the molecule is CN(C)CCN(C)C(=O)CC(C)(C)CC(=O)O. The van der Waals surface area contributed by atoms with Crippen molar-refractivity contribution in [2.75, 3.05) is 34.2 Å². The third-order valence-electron chi connectivity index (χ3n) is 2.57. The quantitative estimate of drug-likeness (QED) is 0.722. The zero-order valence-corrected chi connectivity index (χ0v) is 11.5. The number of amides is 1. The highest BCUT2D eigenvalue weighted by molar-refractivity contribution is 5.77. The van der Waals surface area contributed by atoms with Crippen molar-refractivity contribution in [3.63, 3.8) is 0 Å². The normalized spacial score (nSPS) is 11.6. The fraction of sp³-hybridized carbons (Fsp3) is 0.833. The minimum Gasteiger partial charge on any atom is -0.481 e. The number of carboxylic acids is 1. The Morgan fingerprint density at radius 3 is 2.00 bits per heavy atom. The monoisotopic (exact) mass is 244 g/mol. The largest absolute Gasteiger partial charge is 0.481 e. The predicted octanol–water partition coefficient (Wildman–Crippen LogP) is 0.897. The Balaban J connectivity index is 4.19. The number of hydrogen-bond donors (Lipinski definition) is 1. The Morgan fingerprint density at radius 1 is 1.06 bits per heavy atom. The molecule has 0 heterocycles. The molecule has 1 N–H and O–H groups in total. The van der Waals surface area contributed by atoms with Crippen molar-refractivity contribution in [1.82, 2.24) is 9.80 Å². The van der Waals surface area contributed by atoms with E-state index < -0.39 is 11.4 Å².